The second-order valence-corrected chi connectivity index (χ2v) is 6.18. The SMILES string of the molecule is Cc1cc(Br)cn2c(N)c(-c3cccc(Cl)c3Cl)nc12. The van der Waals surface area contributed by atoms with Crippen LogP contribution in [0.5, 0.6) is 0 Å². The van der Waals surface area contributed by atoms with E-state index >= 15 is 0 Å². The molecule has 6 heteroatoms. The van der Waals surface area contributed by atoms with Gasteiger partial charge in [-0.15, -0.1) is 0 Å². The Balaban J connectivity index is 2.35. The predicted molar refractivity (Wildman–Crippen MR) is 87.5 cm³/mol. The summed E-state index contributed by atoms with van der Waals surface area (Å²) in [6.07, 6.45) is 1.88. The van der Waals surface area contributed by atoms with Gasteiger partial charge in [-0.05, 0) is 40.5 Å². The fourth-order valence-corrected chi connectivity index (χ4v) is 3.11. The highest BCUT2D eigenvalue weighted by Gasteiger charge is 2.16. The Morgan fingerprint density at radius 1 is 1.30 bits per heavy atom. The molecule has 0 radical (unpaired) electrons. The number of halogens is 3. The molecule has 2 heterocycles. The zero-order valence-corrected chi connectivity index (χ0v) is 13.6. The van der Waals surface area contributed by atoms with Crippen LogP contribution < -0.4 is 5.73 Å². The number of nitrogens with zero attached hydrogens (tertiary/aromatic N) is 2. The highest BCUT2D eigenvalue weighted by Crippen LogP contribution is 2.36. The fourth-order valence-electron chi connectivity index (χ4n) is 2.17. The lowest BCUT2D eigenvalue weighted by Crippen LogP contribution is -1.95. The summed E-state index contributed by atoms with van der Waals surface area (Å²) in [6.45, 7) is 1.98. The van der Waals surface area contributed by atoms with E-state index < -0.39 is 0 Å². The molecule has 20 heavy (non-hydrogen) atoms. The molecule has 3 nitrogen and oxygen atoms in total. The number of rotatable bonds is 1. The van der Waals surface area contributed by atoms with Crippen LogP contribution >= 0.6 is 39.1 Å². The molecule has 0 saturated heterocycles. The predicted octanol–water partition coefficient (Wildman–Crippen LogP) is 4.96. The van der Waals surface area contributed by atoms with Crippen LogP contribution in [0.3, 0.4) is 0 Å². The zero-order chi connectivity index (χ0) is 14.4. The van der Waals surface area contributed by atoms with Gasteiger partial charge in [0.15, 0.2) is 0 Å². The molecular formula is C14H10BrCl2N3. The molecule has 1 aromatic carbocycles. The van der Waals surface area contributed by atoms with E-state index in [4.69, 9.17) is 28.9 Å². The summed E-state index contributed by atoms with van der Waals surface area (Å²) in [5.41, 5.74) is 9.40. The number of imidazole rings is 1. The third-order valence-electron chi connectivity index (χ3n) is 3.11. The molecule has 0 aliphatic rings. The highest BCUT2D eigenvalue weighted by molar-refractivity contribution is 9.10. The number of benzene rings is 1. The molecule has 0 amide bonds. The van der Waals surface area contributed by atoms with Crippen molar-refractivity contribution in [2.45, 2.75) is 6.92 Å². The summed E-state index contributed by atoms with van der Waals surface area (Å²) < 4.78 is 2.78. The molecule has 0 atom stereocenters. The van der Waals surface area contributed by atoms with E-state index in [2.05, 4.69) is 20.9 Å². The quantitative estimate of drug-likeness (QED) is 0.657. The fraction of sp³-hybridized carbons (Fsp3) is 0.0714. The minimum absolute atomic E-state index is 0.459. The second kappa shape index (κ2) is 4.95. The number of fused-ring (bicyclic) bond motifs is 1. The summed E-state index contributed by atoms with van der Waals surface area (Å²) in [6, 6.07) is 7.42. The summed E-state index contributed by atoms with van der Waals surface area (Å²) in [5, 5.41) is 0.944. The van der Waals surface area contributed by atoms with E-state index in [0.29, 0.717) is 21.6 Å². The van der Waals surface area contributed by atoms with Gasteiger partial charge in [-0.25, -0.2) is 4.98 Å². The van der Waals surface area contributed by atoms with Crippen LogP contribution in [-0.4, -0.2) is 9.38 Å². The second-order valence-electron chi connectivity index (χ2n) is 4.48. The number of pyridine rings is 1. The summed E-state index contributed by atoms with van der Waals surface area (Å²) in [4.78, 5) is 4.60. The Morgan fingerprint density at radius 2 is 2.05 bits per heavy atom. The molecule has 2 aromatic heterocycles. The van der Waals surface area contributed by atoms with Crippen LogP contribution in [0.25, 0.3) is 16.9 Å². The summed E-state index contributed by atoms with van der Waals surface area (Å²) >= 11 is 15.8. The van der Waals surface area contributed by atoms with Crippen LogP contribution in [-0.2, 0) is 0 Å². The molecule has 0 bridgehead atoms. The Hall–Kier alpha value is -1.23. The van der Waals surface area contributed by atoms with Gasteiger partial charge in [-0.2, -0.15) is 0 Å². The number of nitrogen functional groups attached to an aromatic ring is 1. The van der Waals surface area contributed by atoms with Gasteiger partial charge < -0.3 is 5.73 Å². The first-order valence-corrected chi connectivity index (χ1v) is 7.42. The number of anilines is 1. The minimum Gasteiger partial charge on any atom is -0.383 e. The van der Waals surface area contributed by atoms with Gasteiger partial charge in [0.25, 0.3) is 0 Å². The highest BCUT2D eigenvalue weighted by atomic mass is 79.9. The number of hydrogen-bond acceptors (Lipinski definition) is 2. The van der Waals surface area contributed by atoms with Crippen molar-refractivity contribution < 1.29 is 0 Å². The molecule has 0 aliphatic heterocycles. The largest absolute Gasteiger partial charge is 0.383 e. The molecular weight excluding hydrogens is 361 g/mol. The van der Waals surface area contributed by atoms with Crippen molar-refractivity contribution in [3.05, 3.63) is 50.5 Å². The van der Waals surface area contributed by atoms with Gasteiger partial charge >= 0.3 is 0 Å². The van der Waals surface area contributed by atoms with Crippen molar-refractivity contribution in [2.24, 2.45) is 0 Å². The Kier molecular flexibility index (Phi) is 3.40. The monoisotopic (exact) mass is 369 g/mol. The van der Waals surface area contributed by atoms with E-state index in [1.54, 1.807) is 6.07 Å². The summed E-state index contributed by atoms with van der Waals surface area (Å²) in [5.74, 6) is 0.536. The molecule has 0 saturated carbocycles. The van der Waals surface area contributed by atoms with E-state index in [-0.39, 0.29) is 0 Å². The third-order valence-corrected chi connectivity index (χ3v) is 4.37. The van der Waals surface area contributed by atoms with Crippen molar-refractivity contribution in [1.82, 2.24) is 9.38 Å². The minimum atomic E-state index is 0.459. The molecule has 0 aliphatic carbocycles. The third kappa shape index (κ3) is 2.08. The van der Waals surface area contributed by atoms with Crippen molar-refractivity contribution >= 4 is 50.6 Å². The Labute approximate surface area is 134 Å². The normalized spacial score (nSPS) is 11.2. The number of hydrogen-bond donors (Lipinski definition) is 1. The van der Waals surface area contributed by atoms with Gasteiger partial charge in [0.05, 0.1) is 10.0 Å². The van der Waals surface area contributed by atoms with Crippen LogP contribution in [0.15, 0.2) is 34.9 Å². The first-order chi connectivity index (χ1) is 9.49. The molecule has 0 spiro atoms. The maximum Gasteiger partial charge on any atom is 0.142 e. The maximum absolute atomic E-state index is 6.25. The Morgan fingerprint density at radius 3 is 2.80 bits per heavy atom. The molecule has 3 rings (SSSR count). The van der Waals surface area contributed by atoms with Gasteiger partial charge in [0.1, 0.15) is 17.2 Å². The van der Waals surface area contributed by atoms with Crippen molar-refractivity contribution in [2.75, 3.05) is 5.73 Å². The van der Waals surface area contributed by atoms with Gasteiger partial charge in [-0.1, -0.05) is 35.3 Å². The molecule has 102 valence electrons. The Bertz CT molecular complexity index is 827. The van der Waals surface area contributed by atoms with Crippen molar-refractivity contribution in [3.63, 3.8) is 0 Å². The zero-order valence-electron chi connectivity index (χ0n) is 10.5. The topological polar surface area (TPSA) is 43.3 Å². The first-order valence-electron chi connectivity index (χ1n) is 5.87. The van der Waals surface area contributed by atoms with Gasteiger partial charge in [0.2, 0.25) is 0 Å². The maximum atomic E-state index is 6.25. The first kappa shape index (κ1) is 13.7. The van der Waals surface area contributed by atoms with E-state index in [0.717, 1.165) is 21.2 Å². The van der Waals surface area contributed by atoms with Gasteiger partial charge in [0, 0.05) is 16.2 Å². The molecule has 3 aromatic rings. The van der Waals surface area contributed by atoms with Crippen LogP contribution in [0.1, 0.15) is 5.56 Å². The number of aromatic nitrogens is 2. The number of nitrogens with two attached hydrogens (primary N) is 1. The molecule has 2 N–H and O–H groups in total. The van der Waals surface area contributed by atoms with E-state index in [1.807, 2.05) is 35.7 Å². The lowest BCUT2D eigenvalue weighted by atomic mass is 10.1. The van der Waals surface area contributed by atoms with Crippen molar-refractivity contribution in [1.29, 1.82) is 0 Å². The van der Waals surface area contributed by atoms with Crippen molar-refractivity contribution in [3.8, 4) is 11.3 Å². The average molecular weight is 371 g/mol. The van der Waals surface area contributed by atoms with E-state index in [9.17, 15) is 0 Å². The number of aryl methyl sites for hydroxylation is 1. The lowest BCUT2D eigenvalue weighted by molar-refractivity contribution is 1.16. The average Bonchev–Trinajstić information content (AvgIpc) is 2.71. The summed E-state index contributed by atoms with van der Waals surface area (Å²) in [7, 11) is 0. The lowest BCUT2D eigenvalue weighted by Gasteiger charge is -2.04. The van der Waals surface area contributed by atoms with Crippen LogP contribution in [0.4, 0.5) is 5.82 Å². The molecule has 0 fully saturated rings. The molecule has 0 unspecified atom stereocenters. The van der Waals surface area contributed by atoms with E-state index in [1.165, 1.54) is 0 Å². The van der Waals surface area contributed by atoms with Crippen LogP contribution in [0.2, 0.25) is 10.0 Å². The standard InChI is InChI=1S/C14H10BrCl2N3/c1-7-5-8(15)6-20-13(18)12(19-14(7)20)9-3-2-4-10(16)11(9)17/h2-6H,18H2,1H3. The van der Waals surface area contributed by atoms with Gasteiger partial charge in [-0.3, -0.25) is 4.40 Å². The smallest absolute Gasteiger partial charge is 0.142 e. The van der Waals surface area contributed by atoms with Crippen LogP contribution in [0, 0.1) is 6.92 Å².